The van der Waals surface area contributed by atoms with Crippen LogP contribution in [0.25, 0.3) is 16.9 Å². The number of rotatable bonds is 4. The summed E-state index contributed by atoms with van der Waals surface area (Å²) in [5, 5.41) is 8.15. The first-order valence-corrected chi connectivity index (χ1v) is 9.12. The molecule has 2 aromatic heterocycles. The number of hydrogen-bond donors (Lipinski definition) is 1. The quantitative estimate of drug-likeness (QED) is 0.526. The second-order valence-corrected chi connectivity index (χ2v) is 6.76. The minimum atomic E-state index is -0.258. The van der Waals surface area contributed by atoms with Crippen LogP contribution in [0.4, 0.5) is 5.69 Å². The van der Waals surface area contributed by atoms with Crippen LogP contribution >= 0.6 is 11.6 Å². The summed E-state index contributed by atoms with van der Waals surface area (Å²) in [6, 6.07) is 18.8. The second kappa shape index (κ2) is 7.66. The van der Waals surface area contributed by atoms with E-state index in [2.05, 4.69) is 15.4 Å². The molecule has 0 atom stereocenters. The van der Waals surface area contributed by atoms with Crippen LogP contribution in [0.1, 0.15) is 15.9 Å². The number of nitrogens with one attached hydrogen (secondary N) is 1. The summed E-state index contributed by atoms with van der Waals surface area (Å²) in [7, 11) is 0. The minimum absolute atomic E-state index is 0.258. The fourth-order valence-electron chi connectivity index (χ4n) is 2.89. The Morgan fingerprint density at radius 1 is 1.07 bits per heavy atom. The van der Waals surface area contributed by atoms with E-state index in [1.54, 1.807) is 35.4 Å². The van der Waals surface area contributed by atoms with Gasteiger partial charge in [-0.2, -0.15) is 5.10 Å². The number of halogens is 1. The summed E-state index contributed by atoms with van der Waals surface area (Å²) >= 11 is 6.08. The Morgan fingerprint density at radius 2 is 1.89 bits per heavy atom. The summed E-state index contributed by atoms with van der Waals surface area (Å²) < 4.78 is 1.70. The van der Waals surface area contributed by atoms with Gasteiger partial charge in [-0.15, -0.1) is 0 Å². The number of benzene rings is 2. The highest BCUT2D eigenvalue weighted by Gasteiger charge is 2.19. The van der Waals surface area contributed by atoms with E-state index in [0.717, 1.165) is 16.8 Å². The summed E-state index contributed by atoms with van der Waals surface area (Å²) in [6.07, 6.45) is 5.11. The lowest BCUT2D eigenvalue weighted by molar-refractivity contribution is 0.102. The molecule has 6 heteroatoms. The fraction of sp³-hybridized carbons (Fsp3) is 0.0455. The van der Waals surface area contributed by atoms with Gasteiger partial charge in [0.2, 0.25) is 0 Å². The monoisotopic (exact) mass is 388 g/mol. The Bertz CT molecular complexity index is 1120. The lowest BCUT2D eigenvalue weighted by Gasteiger charge is -2.08. The van der Waals surface area contributed by atoms with Crippen molar-refractivity contribution in [1.82, 2.24) is 14.8 Å². The van der Waals surface area contributed by atoms with Crippen LogP contribution in [-0.2, 0) is 0 Å². The van der Waals surface area contributed by atoms with E-state index in [1.807, 2.05) is 55.5 Å². The van der Waals surface area contributed by atoms with Crippen molar-refractivity contribution in [1.29, 1.82) is 0 Å². The first kappa shape index (κ1) is 17.9. The van der Waals surface area contributed by atoms with Crippen molar-refractivity contribution >= 4 is 23.2 Å². The summed E-state index contributed by atoms with van der Waals surface area (Å²) in [4.78, 5) is 17.2. The van der Waals surface area contributed by atoms with E-state index in [0.29, 0.717) is 22.0 Å². The van der Waals surface area contributed by atoms with Gasteiger partial charge in [0, 0.05) is 34.9 Å². The maximum Gasteiger partial charge on any atom is 0.259 e. The van der Waals surface area contributed by atoms with Gasteiger partial charge in [-0.1, -0.05) is 35.9 Å². The first-order valence-electron chi connectivity index (χ1n) is 8.75. The molecule has 138 valence electrons. The molecule has 0 aliphatic rings. The van der Waals surface area contributed by atoms with Crippen LogP contribution in [0, 0.1) is 6.92 Å². The minimum Gasteiger partial charge on any atom is -0.322 e. The molecule has 1 amide bonds. The van der Waals surface area contributed by atoms with Gasteiger partial charge >= 0.3 is 0 Å². The number of aryl methyl sites for hydroxylation is 1. The molecular formula is C22H17ClN4O. The Morgan fingerprint density at radius 3 is 2.64 bits per heavy atom. The summed E-state index contributed by atoms with van der Waals surface area (Å²) in [5.41, 5.74) is 4.25. The molecule has 2 heterocycles. The van der Waals surface area contributed by atoms with Crippen LogP contribution in [0.2, 0.25) is 5.02 Å². The van der Waals surface area contributed by atoms with Gasteiger partial charge < -0.3 is 5.32 Å². The number of aromatic nitrogens is 3. The zero-order chi connectivity index (χ0) is 19.5. The third-order valence-corrected chi connectivity index (χ3v) is 4.60. The molecule has 5 nitrogen and oxygen atoms in total. The SMILES string of the molecule is Cc1ccc(Cl)cc1NC(=O)c1cn(-c2ccccc2)nc1-c1cccnc1. The highest BCUT2D eigenvalue weighted by atomic mass is 35.5. The van der Waals surface area contributed by atoms with Crippen LogP contribution in [-0.4, -0.2) is 20.7 Å². The average Bonchev–Trinajstić information content (AvgIpc) is 3.18. The fourth-order valence-corrected chi connectivity index (χ4v) is 3.06. The number of amides is 1. The van der Waals surface area contributed by atoms with Crippen LogP contribution in [0.15, 0.2) is 79.3 Å². The molecule has 1 N–H and O–H groups in total. The lowest BCUT2D eigenvalue weighted by Crippen LogP contribution is -2.13. The topological polar surface area (TPSA) is 59.8 Å². The van der Waals surface area contributed by atoms with Gasteiger partial charge in [0.25, 0.3) is 5.91 Å². The number of hydrogen-bond acceptors (Lipinski definition) is 3. The molecule has 4 aromatic rings. The Labute approximate surface area is 167 Å². The third-order valence-electron chi connectivity index (χ3n) is 4.36. The number of anilines is 1. The maximum atomic E-state index is 13.1. The van der Waals surface area contributed by atoms with Crippen LogP contribution in [0.3, 0.4) is 0 Å². The van der Waals surface area contributed by atoms with Crippen LogP contribution < -0.4 is 5.32 Å². The molecule has 0 aliphatic carbocycles. The van der Waals surface area contributed by atoms with E-state index in [4.69, 9.17) is 11.6 Å². The molecule has 0 spiro atoms. The Balaban J connectivity index is 1.77. The maximum absolute atomic E-state index is 13.1. The number of para-hydroxylation sites is 1. The molecule has 0 fully saturated rings. The van der Waals surface area contributed by atoms with Crippen LogP contribution in [0.5, 0.6) is 0 Å². The highest BCUT2D eigenvalue weighted by Crippen LogP contribution is 2.26. The van der Waals surface area contributed by atoms with Crippen molar-refractivity contribution in [2.75, 3.05) is 5.32 Å². The summed E-state index contributed by atoms with van der Waals surface area (Å²) in [6.45, 7) is 1.92. The lowest BCUT2D eigenvalue weighted by atomic mass is 10.1. The van der Waals surface area contributed by atoms with Crippen molar-refractivity contribution in [2.24, 2.45) is 0 Å². The van der Waals surface area contributed by atoms with E-state index in [-0.39, 0.29) is 5.91 Å². The number of carbonyl (C=O) groups is 1. The molecule has 0 saturated carbocycles. The van der Waals surface area contributed by atoms with Crippen molar-refractivity contribution in [3.8, 4) is 16.9 Å². The van der Waals surface area contributed by atoms with Crippen molar-refractivity contribution < 1.29 is 4.79 Å². The molecule has 28 heavy (non-hydrogen) atoms. The highest BCUT2D eigenvalue weighted by molar-refractivity contribution is 6.31. The van der Waals surface area contributed by atoms with E-state index >= 15 is 0 Å². The zero-order valence-electron chi connectivity index (χ0n) is 15.1. The molecule has 4 rings (SSSR count). The van der Waals surface area contributed by atoms with Gasteiger partial charge in [-0.3, -0.25) is 9.78 Å². The Hall–Kier alpha value is -3.44. The molecule has 0 radical (unpaired) electrons. The van der Waals surface area contributed by atoms with Crippen molar-refractivity contribution in [3.05, 3.63) is 95.4 Å². The second-order valence-electron chi connectivity index (χ2n) is 6.33. The van der Waals surface area contributed by atoms with Crippen molar-refractivity contribution in [2.45, 2.75) is 6.92 Å². The standard InChI is InChI=1S/C22H17ClN4O/c1-15-9-10-17(23)12-20(15)25-22(28)19-14-27(18-7-3-2-4-8-18)26-21(19)16-6-5-11-24-13-16/h2-14H,1H3,(H,25,28). The van der Waals surface area contributed by atoms with Gasteiger partial charge in [-0.05, 0) is 48.9 Å². The Kier molecular flexibility index (Phi) is 4.91. The first-order chi connectivity index (χ1) is 13.6. The molecule has 0 unspecified atom stereocenters. The predicted octanol–water partition coefficient (Wildman–Crippen LogP) is 5.15. The van der Waals surface area contributed by atoms with E-state index in [9.17, 15) is 4.79 Å². The molecule has 0 aliphatic heterocycles. The average molecular weight is 389 g/mol. The number of carbonyl (C=O) groups excluding carboxylic acids is 1. The number of pyridine rings is 1. The predicted molar refractivity (Wildman–Crippen MR) is 111 cm³/mol. The third kappa shape index (κ3) is 3.66. The molecular weight excluding hydrogens is 372 g/mol. The zero-order valence-corrected chi connectivity index (χ0v) is 15.9. The van der Waals surface area contributed by atoms with Gasteiger partial charge in [0.05, 0.1) is 11.3 Å². The molecule has 2 aromatic carbocycles. The van der Waals surface area contributed by atoms with Gasteiger partial charge in [-0.25, -0.2) is 4.68 Å². The number of nitrogens with zero attached hydrogens (tertiary/aromatic N) is 3. The van der Waals surface area contributed by atoms with Crippen molar-refractivity contribution in [3.63, 3.8) is 0 Å². The summed E-state index contributed by atoms with van der Waals surface area (Å²) in [5.74, 6) is -0.258. The van der Waals surface area contributed by atoms with Gasteiger partial charge in [0.15, 0.2) is 0 Å². The largest absolute Gasteiger partial charge is 0.322 e. The molecule has 0 bridgehead atoms. The smallest absolute Gasteiger partial charge is 0.259 e. The van der Waals surface area contributed by atoms with Gasteiger partial charge in [0.1, 0.15) is 5.69 Å². The van der Waals surface area contributed by atoms with E-state index < -0.39 is 0 Å². The van der Waals surface area contributed by atoms with E-state index in [1.165, 1.54) is 0 Å². The molecule has 0 saturated heterocycles. The normalized spacial score (nSPS) is 10.6.